The van der Waals surface area contributed by atoms with E-state index >= 15 is 0 Å². The molecule has 6 rings (SSSR count). The number of likely N-dealkylation sites (tertiary alicyclic amines) is 1. The number of nitrogens with zero attached hydrogens (tertiary/aromatic N) is 7. The van der Waals surface area contributed by atoms with E-state index in [9.17, 15) is 9.59 Å². The molecule has 2 bridgehead atoms. The van der Waals surface area contributed by atoms with Crippen molar-refractivity contribution < 1.29 is 9.59 Å². The molecule has 1 aliphatic carbocycles. The first kappa shape index (κ1) is 22.4. The van der Waals surface area contributed by atoms with E-state index < -0.39 is 0 Å². The Morgan fingerprint density at radius 1 is 1.06 bits per heavy atom. The van der Waals surface area contributed by atoms with Crippen molar-refractivity contribution in [3.8, 4) is 11.3 Å². The van der Waals surface area contributed by atoms with Crippen LogP contribution in [0.5, 0.6) is 0 Å². The summed E-state index contributed by atoms with van der Waals surface area (Å²) >= 11 is 0. The third-order valence-electron chi connectivity index (χ3n) is 7.14. The molecule has 11 nitrogen and oxygen atoms in total. The highest BCUT2D eigenvalue weighted by molar-refractivity contribution is 6.09. The number of pyridine rings is 1. The van der Waals surface area contributed by atoms with Crippen molar-refractivity contribution in [3.05, 3.63) is 54.5 Å². The lowest BCUT2D eigenvalue weighted by Crippen LogP contribution is -2.38. The molecule has 0 radical (unpaired) electrons. The van der Waals surface area contributed by atoms with Crippen molar-refractivity contribution in [1.82, 2.24) is 34.3 Å². The lowest BCUT2D eigenvalue weighted by atomic mass is 10.1. The summed E-state index contributed by atoms with van der Waals surface area (Å²) in [5.74, 6) is 0.341. The van der Waals surface area contributed by atoms with Gasteiger partial charge in [-0.25, -0.2) is 4.52 Å². The van der Waals surface area contributed by atoms with Crippen molar-refractivity contribution in [3.63, 3.8) is 0 Å². The quantitative estimate of drug-likeness (QED) is 0.430. The van der Waals surface area contributed by atoms with Crippen LogP contribution < -0.4 is 10.6 Å². The molecule has 5 heterocycles. The summed E-state index contributed by atoms with van der Waals surface area (Å²) in [6.07, 6.45) is 13.8. The van der Waals surface area contributed by atoms with Crippen LogP contribution in [0.4, 0.5) is 11.4 Å². The Kier molecular flexibility index (Phi) is 5.48. The van der Waals surface area contributed by atoms with E-state index in [2.05, 4.69) is 35.7 Å². The van der Waals surface area contributed by atoms with Gasteiger partial charge in [0.15, 0.2) is 0 Å². The van der Waals surface area contributed by atoms with Gasteiger partial charge in [-0.1, -0.05) is 0 Å². The Morgan fingerprint density at radius 3 is 2.69 bits per heavy atom. The first-order valence-corrected chi connectivity index (χ1v) is 12.1. The third-order valence-corrected chi connectivity index (χ3v) is 7.14. The molecular weight excluding hydrogens is 458 g/mol. The summed E-state index contributed by atoms with van der Waals surface area (Å²) in [5.41, 5.74) is 4.25. The molecule has 4 aromatic heterocycles. The number of hydrogen-bond donors (Lipinski definition) is 2. The smallest absolute Gasteiger partial charge is 0.259 e. The van der Waals surface area contributed by atoms with Crippen molar-refractivity contribution in [1.29, 1.82) is 0 Å². The number of rotatable bonds is 6. The normalized spacial score (nSPS) is 19.2. The van der Waals surface area contributed by atoms with Gasteiger partial charge in [-0.2, -0.15) is 10.2 Å². The van der Waals surface area contributed by atoms with Gasteiger partial charge in [0.2, 0.25) is 5.91 Å². The Morgan fingerprint density at radius 2 is 1.94 bits per heavy atom. The summed E-state index contributed by atoms with van der Waals surface area (Å²) in [6, 6.07) is 2.27. The van der Waals surface area contributed by atoms with E-state index in [0.29, 0.717) is 46.4 Å². The second-order valence-electron chi connectivity index (χ2n) is 9.68. The van der Waals surface area contributed by atoms with Crippen molar-refractivity contribution >= 4 is 28.7 Å². The summed E-state index contributed by atoms with van der Waals surface area (Å²) in [4.78, 5) is 36.9. The first-order valence-electron chi connectivity index (χ1n) is 12.1. The molecule has 2 amide bonds. The van der Waals surface area contributed by atoms with Crippen LogP contribution in [-0.2, 0) is 11.8 Å². The average molecular weight is 486 g/mol. The van der Waals surface area contributed by atoms with E-state index in [1.165, 1.54) is 25.5 Å². The molecule has 4 aromatic rings. The predicted octanol–water partition coefficient (Wildman–Crippen LogP) is 2.51. The highest BCUT2D eigenvalue weighted by Gasteiger charge is 2.38. The fourth-order valence-corrected chi connectivity index (χ4v) is 5.28. The first-order chi connectivity index (χ1) is 17.4. The molecule has 2 atom stereocenters. The number of carbonyl (C=O) groups is 2. The Bertz CT molecular complexity index is 1470. The fourth-order valence-electron chi connectivity index (χ4n) is 5.28. The Balaban J connectivity index is 1.15. The molecule has 0 spiro atoms. The molecule has 2 N–H and O–H groups in total. The summed E-state index contributed by atoms with van der Waals surface area (Å²) in [5, 5.41) is 14.3. The molecule has 184 valence electrons. The van der Waals surface area contributed by atoms with E-state index in [0.717, 1.165) is 18.0 Å². The summed E-state index contributed by atoms with van der Waals surface area (Å²) in [7, 11) is 1.84. The van der Waals surface area contributed by atoms with Crippen LogP contribution in [-0.4, -0.2) is 65.2 Å². The number of piperidine rings is 1. The zero-order valence-corrected chi connectivity index (χ0v) is 20.2. The number of carbonyl (C=O) groups excluding carboxylic acids is 2. The largest absolute Gasteiger partial charge is 0.324 e. The van der Waals surface area contributed by atoms with Crippen LogP contribution in [0.1, 0.15) is 35.3 Å². The lowest BCUT2D eigenvalue weighted by Gasteiger charge is -2.25. The molecule has 1 saturated heterocycles. The number of amides is 2. The Hall–Kier alpha value is -4.12. The van der Waals surface area contributed by atoms with Gasteiger partial charge in [0.25, 0.3) is 5.91 Å². The van der Waals surface area contributed by atoms with Gasteiger partial charge >= 0.3 is 0 Å². The maximum absolute atomic E-state index is 13.1. The monoisotopic (exact) mass is 485 g/mol. The molecule has 2 aliphatic rings. The second-order valence-corrected chi connectivity index (χ2v) is 9.68. The maximum Gasteiger partial charge on any atom is 0.259 e. The number of aryl methyl sites for hydroxylation is 2. The number of hydrogen-bond acceptors (Lipinski definition) is 7. The number of anilines is 2. The molecule has 36 heavy (non-hydrogen) atoms. The highest BCUT2D eigenvalue weighted by Crippen LogP contribution is 2.37. The van der Waals surface area contributed by atoms with E-state index in [-0.39, 0.29) is 11.8 Å². The van der Waals surface area contributed by atoms with Gasteiger partial charge in [-0.15, -0.1) is 0 Å². The number of nitrogens with one attached hydrogen (secondary N) is 2. The molecule has 0 unspecified atom stereocenters. The average Bonchev–Trinajstić information content (AvgIpc) is 3.65. The highest BCUT2D eigenvalue weighted by atomic mass is 16.2. The topological polar surface area (TPSA) is 122 Å². The van der Waals surface area contributed by atoms with Crippen molar-refractivity contribution in [2.75, 3.05) is 23.7 Å². The fraction of sp³-hybridized carbons (Fsp3) is 0.360. The number of fused-ring (bicyclic) bond motifs is 3. The van der Waals surface area contributed by atoms with Gasteiger partial charge in [-0.05, 0) is 38.2 Å². The third kappa shape index (κ3) is 4.22. The molecule has 1 saturated carbocycles. The Labute approximate surface area is 207 Å². The molecular formula is C25H27N9O2. The molecule has 0 aromatic carbocycles. The van der Waals surface area contributed by atoms with Crippen LogP contribution in [0.25, 0.3) is 16.8 Å². The van der Waals surface area contributed by atoms with Gasteiger partial charge < -0.3 is 10.6 Å². The van der Waals surface area contributed by atoms with Crippen LogP contribution >= 0.6 is 0 Å². The van der Waals surface area contributed by atoms with Gasteiger partial charge in [0, 0.05) is 31.4 Å². The van der Waals surface area contributed by atoms with Gasteiger partial charge in [0.1, 0.15) is 0 Å². The van der Waals surface area contributed by atoms with E-state index in [1.807, 2.05) is 13.2 Å². The SMILES string of the molecule is Cc1ncc(NC(=O)CN2C[C@@H]3CC[C@H]2C3)cc1NC(=O)c1cnn2cc(-c3cnn(C)c3)ncc12. The molecule has 11 heteroatoms. The van der Waals surface area contributed by atoms with E-state index in [1.54, 1.807) is 47.0 Å². The van der Waals surface area contributed by atoms with Crippen LogP contribution in [0.15, 0.2) is 43.2 Å². The van der Waals surface area contributed by atoms with Gasteiger partial charge in [-0.3, -0.25) is 29.1 Å². The minimum absolute atomic E-state index is 0.0661. The van der Waals surface area contributed by atoms with Crippen molar-refractivity contribution in [2.45, 2.75) is 32.2 Å². The van der Waals surface area contributed by atoms with Crippen molar-refractivity contribution in [2.24, 2.45) is 13.0 Å². The summed E-state index contributed by atoms with van der Waals surface area (Å²) < 4.78 is 3.32. The molecule has 2 fully saturated rings. The van der Waals surface area contributed by atoms with Crippen LogP contribution in [0.3, 0.4) is 0 Å². The zero-order valence-electron chi connectivity index (χ0n) is 20.2. The van der Waals surface area contributed by atoms with Crippen LogP contribution in [0, 0.1) is 12.8 Å². The second kappa shape index (κ2) is 8.83. The number of aromatic nitrogens is 6. The lowest BCUT2D eigenvalue weighted by molar-refractivity contribution is -0.117. The molecule has 1 aliphatic heterocycles. The standard InChI is InChI=1S/C25H27N9O2/c1-15-21(6-18(8-26-15)30-24(35)14-33-11-16-3-4-19(33)5-16)31-25(36)20-9-29-34-13-22(27-10-23(20)34)17-7-28-32(2)12-17/h6-10,12-13,16,19H,3-5,11,14H2,1-2H3,(H,30,35)(H,31,36)/t16-,19+/m1/s1. The minimum atomic E-state index is -0.331. The maximum atomic E-state index is 13.1. The minimum Gasteiger partial charge on any atom is -0.324 e. The van der Waals surface area contributed by atoms with Gasteiger partial charge in [0.05, 0.1) is 71.4 Å². The summed E-state index contributed by atoms with van der Waals surface area (Å²) in [6.45, 7) is 3.19. The van der Waals surface area contributed by atoms with Crippen LogP contribution in [0.2, 0.25) is 0 Å². The zero-order chi connectivity index (χ0) is 24.8. The predicted molar refractivity (Wildman–Crippen MR) is 133 cm³/mol. The van der Waals surface area contributed by atoms with E-state index in [4.69, 9.17) is 0 Å².